The molecule has 0 saturated carbocycles. The van der Waals surface area contributed by atoms with Gasteiger partial charge in [-0.15, -0.1) is 0 Å². The van der Waals surface area contributed by atoms with Crippen LogP contribution >= 0.6 is 0 Å². The van der Waals surface area contributed by atoms with Gasteiger partial charge in [0.1, 0.15) is 5.60 Å². The van der Waals surface area contributed by atoms with Gasteiger partial charge >= 0.3 is 6.09 Å². The molecule has 0 aliphatic carbocycles. The van der Waals surface area contributed by atoms with E-state index in [0.717, 1.165) is 26.2 Å². The van der Waals surface area contributed by atoms with Gasteiger partial charge in [-0.05, 0) is 39.8 Å². The summed E-state index contributed by atoms with van der Waals surface area (Å²) in [5.74, 6) is 0. The van der Waals surface area contributed by atoms with Crippen LogP contribution in [0.15, 0.2) is 18.3 Å². The van der Waals surface area contributed by atoms with Crippen LogP contribution in [-0.2, 0) is 4.74 Å². The number of carbonyl (C=O) groups excluding carboxylic acids is 1. The van der Waals surface area contributed by atoms with Crippen LogP contribution in [-0.4, -0.2) is 52.7 Å². The van der Waals surface area contributed by atoms with Gasteiger partial charge in [0.15, 0.2) is 0 Å². The molecule has 0 radical (unpaired) electrons. The first-order chi connectivity index (χ1) is 9.37. The van der Waals surface area contributed by atoms with Crippen LogP contribution in [0.25, 0.3) is 0 Å². The number of ether oxygens (including phenoxy) is 1. The summed E-state index contributed by atoms with van der Waals surface area (Å²) in [6.07, 6.45) is 1.74. The van der Waals surface area contributed by atoms with Gasteiger partial charge < -0.3 is 14.6 Å². The van der Waals surface area contributed by atoms with E-state index in [9.17, 15) is 4.79 Å². The third-order valence-corrected chi connectivity index (χ3v) is 3.59. The standard InChI is InChI=1S/C15H25N3O2/c1-12(13-6-5-7-16-13)17-8-10-18(11-9-17)14(19)20-15(2,3)4/h5-7,12,16H,8-11H2,1-4H3. The molecular formula is C15H25N3O2. The molecule has 1 amide bonds. The lowest BCUT2D eigenvalue weighted by Crippen LogP contribution is -2.50. The molecule has 0 bridgehead atoms. The van der Waals surface area contributed by atoms with E-state index >= 15 is 0 Å². The lowest BCUT2D eigenvalue weighted by Gasteiger charge is -2.38. The summed E-state index contributed by atoms with van der Waals surface area (Å²) >= 11 is 0. The molecular weight excluding hydrogens is 254 g/mol. The Morgan fingerprint density at radius 2 is 1.95 bits per heavy atom. The number of amides is 1. The van der Waals surface area contributed by atoms with Crippen LogP contribution in [0.5, 0.6) is 0 Å². The van der Waals surface area contributed by atoms with E-state index in [2.05, 4.69) is 22.9 Å². The normalized spacial score (nSPS) is 18.9. The minimum absolute atomic E-state index is 0.204. The number of rotatable bonds is 2. The summed E-state index contributed by atoms with van der Waals surface area (Å²) in [5, 5.41) is 0. The summed E-state index contributed by atoms with van der Waals surface area (Å²) in [6.45, 7) is 11.1. The molecule has 2 heterocycles. The molecule has 20 heavy (non-hydrogen) atoms. The molecule has 0 aromatic carbocycles. The zero-order chi connectivity index (χ0) is 14.8. The van der Waals surface area contributed by atoms with E-state index in [4.69, 9.17) is 4.74 Å². The fourth-order valence-electron chi connectivity index (χ4n) is 2.42. The van der Waals surface area contributed by atoms with E-state index in [1.165, 1.54) is 5.69 Å². The lowest BCUT2D eigenvalue weighted by atomic mass is 10.2. The zero-order valence-corrected chi connectivity index (χ0v) is 12.8. The Balaban J connectivity index is 1.85. The number of aromatic amines is 1. The molecule has 5 heteroatoms. The van der Waals surface area contributed by atoms with Crippen molar-refractivity contribution in [2.45, 2.75) is 39.3 Å². The number of nitrogens with zero attached hydrogens (tertiary/aromatic N) is 2. The first-order valence-electron chi connectivity index (χ1n) is 7.22. The third-order valence-electron chi connectivity index (χ3n) is 3.59. The average Bonchev–Trinajstić information content (AvgIpc) is 2.90. The monoisotopic (exact) mass is 279 g/mol. The van der Waals surface area contributed by atoms with Crippen molar-refractivity contribution in [3.63, 3.8) is 0 Å². The number of aromatic nitrogens is 1. The van der Waals surface area contributed by atoms with Gasteiger partial charge in [-0.25, -0.2) is 4.79 Å². The number of hydrogen-bond acceptors (Lipinski definition) is 3. The Labute approximate surface area is 120 Å². The summed E-state index contributed by atoms with van der Waals surface area (Å²) in [5.41, 5.74) is 0.793. The molecule has 1 aliphatic rings. The Bertz CT molecular complexity index is 428. The van der Waals surface area contributed by atoms with Crippen LogP contribution < -0.4 is 0 Å². The fraction of sp³-hybridized carbons (Fsp3) is 0.667. The SMILES string of the molecule is CC(c1ccc[nH]1)N1CCN(C(=O)OC(C)(C)C)CC1. The van der Waals surface area contributed by atoms with Gasteiger partial charge in [0.2, 0.25) is 0 Å². The predicted octanol–water partition coefficient (Wildman–Crippen LogP) is 2.63. The van der Waals surface area contributed by atoms with E-state index in [0.29, 0.717) is 6.04 Å². The van der Waals surface area contributed by atoms with Gasteiger partial charge in [-0.2, -0.15) is 0 Å². The zero-order valence-electron chi connectivity index (χ0n) is 12.8. The number of hydrogen-bond donors (Lipinski definition) is 1. The van der Waals surface area contributed by atoms with Crippen molar-refractivity contribution in [3.05, 3.63) is 24.0 Å². The maximum Gasteiger partial charge on any atom is 0.410 e. The van der Waals surface area contributed by atoms with Gasteiger partial charge in [-0.1, -0.05) is 0 Å². The molecule has 1 unspecified atom stereocenters. The molecule has 1 aromatic rings. The van der Waals surface area contributed by atoms with Crippen molar-refractivity contribution in [1.29, 1.82) is 0 Å². The third kappa shape index (κ3) is 3.76. The van der Waals surface area contributed by atoms with Crippen molar-refractivity contribution < 1.29 is 9.53 Å². The lowest BCUT2D eigenvalue weighted by molar-refractivity contribution is 0.0109. The second-order valence-electron chi connectivity index (χ2n) is 6.30. The quantitative estimate of drug-likeness (QED) is 0.905. The van der Waals surface area contributed by atoms with E-state index < -0.39 is 5.60 Å². The van der Waals surface area contributed by atoms with Crippen molar-refractivity contribution in [3.8, 4) is 0 Å². The van der Waals surface area contributed by atoms with Crippen LogP contribution in [0.4, 0.5) is 4.79 Å². The first kappa shape index (κ1) is 14.9. The minimum Gasteiger partial charge on any atom is -0.444 e. The Kier molecular flexibility index (Phi) is 4.38. The maximum absolute atomic E-state index is 12.0. The highest BCUT2D eigenvalue weighted by molar-refractivity contribution is 5.68. The fourth-order valence-corrected chi connectivity index (χ4v) is 2.42. The van der Waals surface area contributed by atoms with Crippen LogP contribution in [0.1, 0.15) is 39.4 Å². The van der Waals surface area contributed by atoms with Crippen LogP contribution in [0, 0.1) is 0 Å². The smallest absolute Gasteiger partial charge is 0.410 e. The summed E-state index contributed by atoms with van der Waals surface area (Å²) < 4.78 is 5.41. The molecule has 1 N–H and O–H groups in total. The van der Waals surface area contributed by atoms with Crippen molar-refractivity contribution in [1.82, 2.24) is 14.8 Å². The molecule has 1 atom stereocenters. The number of nitrogens with one attached hydrogen (secondary N) is 1. The molecule has 2 rings (SSSR count). The highest BCUT2D eigenvalue weighted by Crippen LogP contribution is 2.20. The number of H-pyrrole nitrogens is 1. The highest BCUT2D eigenvalue weighted by atomic mass is 16.6. The molecule has 1 fully saturated rings. The second kappa shape index (κ2) is 5.87. The van der Waals surface area contributed by atoms with E-state index in [-0.39, 0.29) is 6.09 Å². The second-order valence-corrected chi connectivity index (χ2v) is 6.30. The molecule has 112 valence electrons. The summed E-state index contributed by atoms with van der Waals surface area (Å²) in [6, 6.07) is 4.47. The van der Waals surface area contributed by atoms with Gasteiger partial charge in [-0.3, -0.25) is 4.90 Å². The van der Waals surface area contributed by atoms with E-state index in [1.807, 2.05) is 33.0 Å². The first-order valence-corrected chi connectivity index (χ1v) is 7.22. The van der Waals surface area contributed by atoms with E-state index in [1.54, 1.807) is 4.90 Å². The Hall–Kier alpha value is -1.49. The molecule has 5 nitrogen and oxygen atoms in total. The number of piperazine rings is 1. The molecule has 1 aliphatic heterocycles. The molecule has 1 saturated heterocycles. The minimum atomic E-state index is -0.425. The maximum atomic E-state index is 12.0. The van der Waals surface area contributed by atoms with Gasteiger partial charge in [0.25, 0.3) is 0 Å². The Morgan fingerprint density at radius 1 is 1.30 bits per heavy atom. The van der Waals surface area contributed by atoms with Crippen molar-refractivity contribution in [2.24, 2.45) is 0 Å². The Morgan fingerprint density at radius 3 is 2.45 bits per heavy atom. The van der Waals surface area contributed by atoms with Crippen molar-refractivity contribution in [2.75, 3.05) is 26.2 Å². The van der Waals surface area contributed by atoms with Crippen LogP contribution in [0.2, 0.25) is 0 Å². The summed E-state index contributed by atoms with van der Waals surface area (Å²) in [4.78, 5) is 19.4. The predicted molar refractivity (Wildman–Crippen MR) is 78.6 cm³/mol. The van der Waals surface area contributed by atoms with Gasteiger partial charge in [0, 0.05) is 44.1 Å². The summed E-state index contributed by atoms with van der Waals surface area (Å²) in [7, 11) is 0. The molecule has 0 spiro atoms. The number of carbonyl (C=O) groups is 1. The topological polar surface area (TPSA) is 48.6 Å². The van der Waals surface area contributed by atoms with Crippen molar-refractivity contribution >= 4 is 6.09 Å². The molecule has 1 aromatic heterocycles. The largest absolute Gasteiger partial charge is 0.444 e. The van der Waals surface area contributed by atoms with Crippen LogP contribution in [0.3, 0.4) is 0 Å². The van der Waals surface area contributed by atoms with Gasteiger partial charge in [0.05, 0.1) is 0 Å². The average molecular weight is 279 g/mol. The highest BCUT2D eigenvalue weighted by Gasteiger charge is 2.28.